The molecule has 1 atom stereocenters. The molecule has 2 heteroatoms. The summed E-state index contributed by atoms with van der Waals surface area (Å²) in [4.78, 5) is 1.38. The van der Waals surface area contributed by atoms with E-state index in [0.717, 1.165) is 6.04 Å². The van der Waals surface area contributed by atoms with Crippen LogP contribution >= 0.6 is 11.9 Å². The van der Waals surface area contributed by atoms with Crippen molar-refractivity contribution < 1.29 is 0 Å². The van der Waals surface area contributed by atoms with E-state index in [1.54, 1.807) is 0 Å². The van der Waals surface area contributed by atoms with Crippen molar-refractivity contribution in [2.45, 2.75) is 69.4 Å². The van der Waals surface area contributed by atoms with Crippen LogP contribution in [0.3, 0.4) is 0 Å². The van der Waals surface area contributed by atoms with Gasteiger partial charge in [-0.1, -0.05) is 44.4 Å². The summed E-state index contributed by atoms with van der Waals surface area (Å²) in [6, 6.07) is 12.3. The Labute approximate surface area is 116 Å². The van der Waals surface area contributed by atoms with Crippen LogP contribution in [0.15, 0.2) is 35.2 Å². The summed E-state index contributed by atoms with van der Waals surface area (Å²) in [5, 5.41) is 0. The zero-order valence-corrected chi connectivity index (χ0v) is 12.5. The summed E-state index contributed by atoms with van der Waals surface area (Å²) >= 11 is 1.96. The SMILES string of the molecule is CCC(C)N(Sc1ccccc1)C1CCCCC1. The third kappa shape index (κ3) is 3.76. The molecule has 1 aliphatic carbocycles. The van der Waals surface area contributed by atoms with Crippen molar-refractivity contribution in [2.24, 2.45) is 0 Å². The van der Waals surface area contributed by atoms with Crippen LogP contribution in [0, 0.1) is 0 Å². The molecule has 0 aliphatic heterocycles. The predicted octanol–water partition coefficient (Wildman–Crippen LogP) is 5.13. The molecule has 0 radical (unpaired) electrons. The molecule has 1 nitrogen and oxygen atoms in total. The van der Waals surface area contributed by atoms with Gasteiger partial charge in [0.05, 0.1) is 0 Å². The monoisotopic (exact) mass is 263 g/mol. The van der Waals surface area contributed by atoms with Crippen molar-refractivity contribution >= 4 is 11.9 Å². The molecule has 1 fully saturated rings. The van der Waals surface area contributed by atoms with Gasteiger partial charge in [-0.05, 0) is 50.3 Å². The average molecular weight is 263 g/mol. The zero-order chi connectivity index (χ0) is 12.8. The fourth-order valence-electron chi connectivity index (χ4n) is 2.64. The normalized spacial score (nSPS) is 19.1. The highest BCUT2D eigenvalue weighted by Gasteiger charge is 2.25. The van der Waals surface area contributed by atoms with Crippen LogP contribution in [0.1, 0.15) is 52.4 Å². The van der Waals surface area contributed by atoms with Gasteiger partial charge in [-0.3, -0.25) is 0 Å². The molecule has 1 aromatic rings. The maximum atomic E-state index is 2.66. The molecular weight excluding hydrogens is 238 g/mol. The second-order valence-corrected chi connectivity index (χ2v) is 6.39. The molecule has 0 saturated heterocycles. The van der Waals surface area contributed by atoms with Gasteiger partial charge < -0.3 is 0 Å². The van der Waals surface area contributed by atoms with Crippen molar-refractivity contribution in [1.29, 1.82) is 0 Å². The van der Waals surface area contributed by atoms with E-state index in [1.165, 1.54) is 43.4 Å². The molecule has 0 spiro atoms. The third-order valence-electron chi connectivity index (χ3n) is 3.91. The summed E-state index contributed by atoms with van der Waals surface area (Å²) in [6.07, 6.45) is 8.24. The van der Waals surface area contributed by atoms with Crippen LogP contribution in [0.5, 0.6) is 0 Å². The molecule has 0 N–H and O–H groups in total. The highest BCUT2D eigenvalue weighted by atomic mass is 32.2. The van der Waals surface area contributed by atoms with Gasteiger partial charge in [0, 0.05) is 17.0 Å². The van der Waals surface area contributed by atoms with E-state index >= 15 is 0 Å². The Balaban J connectivity index is 2.04. The fraction of sp³-hybridized carbons (Fsp3) is 0.625. The molecule has 18 heavy (non-hydrogen) atoms. The lowest BCUT2D eigenvalue weighted by atomic mass is 9.95. The van der Waals surface area contributed by atoms with Crippen LogP contribution in [0.2, 0.25) is 0 Å². The number of benzene rings is 1. The smallest absolute Gasteiger partial charge is 0.0230 e. The molecule has 1 aliphatic rings. The van der Waals surface area contributed by atoms with E-state index in [-0.39, 0.29) is 0 Å². The molecule has 0 aromatic heterocycles. The van der Waals surface area contributed by atoms with Crippen molar-refractivity contribution in [3.8, 4) is 0 Å². The van der Waals surface area contributed by atoms with Gasteiger partial charge in [0.1, 0.15) is 0 Å². The largest absolute Gasteiger partial charge is 0.241 e. The third-order valence-corrected chi connectivity index (χ3v) is 5.27. The number of nitrogens with zero attached hydrogens (tertiary/aromatic N) is 1. The first-order valence-electron chi connectivity index (χ1n) is 7.32. The molecular formula is C16H25NS. The topological polar surface area (TPSA) is 3.24 Å². The lowest BCUT2D eigenvalue weighted by molar-refractivity contribution is 0.225. The van der Waals surface area contributed by atoms with Crippen LogP contribution in [-0.2, 0) is 0 Å². The minimum Gasteiger partial charge on any atom is -0.241 e. The van der Waals surface area contributed by atoms with Crippen LogP contribution in [0.25, 0.3) is 0 Å². The second-order valence-electron chi connectivity index (χ2n) is 5.31. The molecule has 1 saturated carbocycles. The van der Waals surface area contributed by atoms with Gasteiger partial charge in [0.2, 0.25) is 0 Å². The summed E-state index contributed by atoms with van der Waals surface area (Å²) in [5.41, 5.74) is 0. The molecule has 100 valence electrons. The first-order valence-corrected chi connectivity index (χ1v) is 8.10. The predicted molar refractivity (Wildman–Crippen MR) is 80.8 cm³/mol. The Bertz CT molecular complexity index is 332. The summed E-state index contributed by atoms with van der Waals surface area (Å²) in [5.74, 6) is 0. The van der Waals surface area contributed by atoms with Gasteiger partial charge >= 0.3 is 0 Å². The van der Waals surface area contributed by atoms with Crippen LogP contribution in [-0.4, -0.2) is 16.4 Å². The second kappa shape index (κ2) is 7.20. The van der Waals surface area contributed by atoms with Crippen molar-refractivity contribution in [1.82, 2.24) is 4.31 Å². The van der Waals surface area contributed by atoms with Crippen LogP contribution < -0.4 is 0 Å². The van der Waals surface area contributed by atoms with E-state index in [1.807, 2.05) is 11.9 Å². The Hall–Kier alpha value is -0.470. The number of hydrogen-bond donors (Lipinski definition) is 0. The van der Waals surface area contributed by atoms with E-state index in [4.69, 9.17) is 0 Å². The van der Waals surface area contributed by atoms with Crippen LogP contribution in [0.4, 0.5) is 0 Å². The van der Waals surface area contributed by atoms with Gasteiger partial charge in [0.15, 0.2) is 0 Å². The van der Waals surface area contributed by atoms with Crippen molar-refractivity contribution in [2.75, 3.05) is 0 Å². The Morgan fingerprint density at radius 1 is 1.17 bits per heavy atom. The van der Waals surface area contributed by atoms with Gasteiger partial charge in [-0.15, -0.1) is 0 Å². The maximum absolute atomic E-state index is 2.66. The van der Waals surface area contributed by atoms with E-state index in [9.17, 15) is 0 Å². The first kappa shape index (κ1) is 14.0. The Morgan fingerprint density at radius 2 is 1.83 bits per heavy atom. The van der Waals surface area contributed by atoms with Gasteiger partial charge in [0.25, 0.3) is 0 Å². The van der Waals surface area contributed by atoms with Gasteiger partial charge in [-0.2, -0.15) is 0 Å². The highest BCUT2D eigenvalue weighted by Crippen LogP contribution is 2.34. The summed E-state index contributed by atoms with van der Waals surface area (Å²) < 4.78 is 2.66. The van der Waals surface area contributed by atoms with Crippen molar-refractivity contribution in [3.05, 3.63) is 30.3 Å². The van der Waals surface area contributed by atoms with Crippen molar-refractivity contribution in [3.63, 3.8) is 0 Å². The maximum Gasteiger partial charge on any atom is 0.0230 e. The Morgan fingerprint density at radius 3 is 2.44 bits per heavy atom. The minimum absolute atomic E-state index is 0.665. The van der Waals surface area contributed by atoms with Gasteiger partial charge in [-0.25, -0.2) is 4.31 Å². The Kier molecular flexibility index (Phi) is 5.58. The average Bonchev–Trinajstić information content (AvgIpc) is 2.46. The standard InChI is InChI=1S/C16H25NS/c1-3-14(2)17(15-10-6-4-7-11-15)18-16-12-8-5-9-13-16/h5,8-9,12-15H,3-4,6-7,10-11H2,1-2H3. The molecule has 2 rings (SSSR count). The van der Waals surface area contributed by atoms with E-state index in [2.05, 4.69) is 48.5 Å². The molecule has 1 unspecified atom stereocenters. The summed E-state index contributed by atoms with van der Waals surface area (Å²) in [6.45, 7) is 4.66. The number of hydrogen-bond acceptors (Lipinski definition) is 2. The summed E-state index contributed by atoms with van der Waals surface area (Å²) in [7, 11) is 0. The minimum atomic E-state index is 0.665. The fourth-order valence-corrected chi connectivity index (χ4v) is 3.85. The first-order chi connectivity index (χ1) is 8.81. The highest BCUT2D eigenvalue weighted by molar-refractivity contribution is 7.97. The molecule has 0 bridgehead atoms. The van der Waals surface area contributed by atoms with E-state index in [0.29, 0.717) is 6.04 Å². The molecule has 1 aromatic carbocycles. The lowest BCUT2D eigenvalue weighted by Gasteiger charge is -2.37. The molecule has 0 amide bonds. The zero-order valence-electron chi connectivity index (χ0n) is 11.6. The van der Waals surface area contributed by atoms with E-state index < -0.39 is 0 Å². The quantitative estimate of drug-likeness (QED) is 0.678. The lowest BCUT2D eigenvalue weighted by Crippen LogP contribution is -2.37. The number of rotatable bonds is 5. The molecule has 0 heterocycles.